The van der Waals surface area contributed by atoms with Gasteiger partial charge in [0, 0.05) is 18.0 Å². The number of esters is 1. The van der Waals surface area contributed by atoms with E-state index < -0.39 is 0 Å². The molecule has 0 atom stereocenters. The molecular formula is C17H18N2O4. The molecule has 3 rings (SSSR count). The third-order valence-corrected chi connectivity index (χ3v) is 3.39. The van der Waals surface area contributed by atoms with Crippen molar-refractivity contribution < 1.29 is 19.0 Å². The second-order valence-corrected chi connectivity index (χ2v) is 4.97. The van der Waals surface area contributed by atoms with E-state index in [1.165, 1.54) is 0 Å². The Morgan fingerprint density at radius 3 is 3.09 bits per heavy atom. The van der Waals surface area contributed by atoms with Crippen molar-refractivity contribution in [2.45, 2.75) is 13.5 Å². The number of carbonyl (C=O) groups excluding carboxylic acids is 1. The first kappa shape index (κ1) is 15.1. The molecule has 2 aromatic rings. The predicted molar refractivity (Wildman–Crippen MR) is 84.3 cm³/mol. The molecule has 0 N–H and O–H groups in total. The van der Waals surface area contributed by atoms with Gasteiger partial charge in [-0.2, -0.15) is 5.10 Å². The summed E-state index contributed by atoms with van der Waals surface area (Å²) in [7, 11) is 0. The number of hydrogen-bond acceptors (Lipinski definition) is 5. The summed E-state index contributed by atoms with van der Waals surface area (Å²) < 4.78 is 18.2. The SMILES string of the molecule is CCOc1cccc2c1OCC(C(=O)OCCn1cccn1)=C2. The molecular weight excluding hydrogens is 296 g/mol. The molecule has 0 spiro atoms. The number of fused-ring (bicyclic) bond motifs is 1. The largest absolute Gasteiger partial charge is 0.490 e. The monoisotopic (exact) mass is 314 g/mol. The molecule has 0 amide bonds. The Labute approximate surface area is 134 Å². The minimum absolute atomic E-state index is 0.178. The number of rotatable bonds is 6. The van der Waals surface area contributed by atoms with Gasteiger partial charge in [-0.25, -0.2) is 4.79 Å². The number of nitrogens with zero attached hydrogens (tertiary/aromatic N) is 2. The second-order valence-electron chi connectivity index (χ2n) is 4.97. The maximum absolute atomic E-state index is 12.1. The van der Waals surface area contributed by atoms with Crippen LogP contribution in [0.2, 0.25) is 0 Å². The van der Waals surface area contributed by atoms with Crippen molar-refractivity contribution >= 4 is 12.0 Å². The Morgan fingerprint density at radius 1 is 1.39 bits per heavy atom. The van der Waals surface area contributed by atoms with Crippen LogP contribution in [0.3, 0.4) is 0 Å². The van der Waals surface area contributed by atoms with Crippen molar-refractivity contribution in [3.63, 3.8) is 0 Å². The fourth-order valence-electron chi connectivity index (χ4n) is 2.32. The molecule has 2 heterocycles. The van der Waals surface area contributed by atoms with E-state index in [0.29, 0.717) is 30.2 Å². The number of para-hydroxylation sites is 1. The molecule has 0 aliphatic carbocycles. The van der Waals surface area contributed by atoms with E-state index in [4.69, 9.17) is 14.2 Å². The van der Waals surface area contributed by atoms with Gasteiger partial charge in [0.05, 0.1) is 18.7 Å². The molecule has 23 heavy (non-hydrogen) atoms. The van der Waals surface area contributed by atoms with Crippen molar-refractivity contribution in [3.05, 3.63) is 47.8 Å². The molecule has 120 valence electrons. The highest BCUT2D eigenvalue weighted by Gasteiger charge is 2.21. The number of aromatic nitrogens is 2. The van der Waals surface area contributed by atoms with Gasteiger partial charge in [0.1, 0.15) is 13.2 Å². The zero-order valence-corrected chi connectivity index (χ0v) is 12.9. The summed E-state index contributed by atoms with van der Waals surface area (Å²) in [6.07, 6.45) is 5.30. The zero-order chi connectivity index (χ0) is 16.1. The van der Waals surface area contributed by atoms with Crippen LogP contribution in [0.15, 0.2) is 42.2 Å². The van der Waals surface area contributed by atoms with Gasteiger partial charge in [-0.3, -0.25) is 4.68 Å². The van der Waals surface area contributed by atoms with Crippen LogP contribution in [0.1, 0.15) is 12.5 Å². The Balaban J connectivity index is 1.64. The standard InChI is InChI=1S/C17H18N2O4/c1-2-21-15-6-3-5-13-11-14(12-23-16(13)15)17(20)22-10-9-19-8-4-7-18-19/h3-8,11H,2,9-10,12H2,1H3. The normalized spacial score (nSPS) is 12.8. The highest BCUT2D eigenvalue weighted by Crippen LogP contribution is 2.35. The molecule has 1 aromatic heterocycles. The molecule has 0 unspecified atom stereocenters. The van der Waals surface area contributed by atoms with E-state index in [1.54, 1.807) is 17.0 Å². The van der Waals surface area contributed by atoms with Crippen LogP contribution in [-0.2, 0) is 16.1 Å². The van der Waals surface area contributed by atoms with E-state index >= 15 is 0 Å². The lowest BCUT2D eigenvalue weighted by molar-refractivity contribution is -0.139. The minimum atomic E-state index is -0.371. The van der Waals surface area contributed by atoms with Gasteiger partial charge in [-0.05, 0) is 25.1 Å². The highest BCUT2D eigenvalue weighted by atomic mass is 16.5. The van der Waals surface area contributed by atoms with E-state index in [0.717, 1.165) is 5.56 Å². The number of ether oxygens (including phenoxy) is 3. The smallest absolute Gasteiger partial charge is 0.337 e. The Morgan fingerprint density at radius 2 is 2.30 bits per heavy atom. The molecule has 6 nitrogen and oxygen atoms in total. The molecule has 1 aliphatic heterocycles. The molecule has 1 aromatic carbocycles. The lowest BCUT2D eigenvalue weighted by atomic mass is 10.1. The van der Waals surface area contributed by atoms with E-state index in [1.807, 2.05) is 37.4 Å². The lowest BCUT2D eigenvalue weighted by Gasteiger charge is -2.19. The maximum atomic E-state index is 12.1. The van der Waals surface area contributed by atoms with Gasteiger partial charge in [-0.1, -0.05) is 12.1 Å². The molecule has 0 saturated carbocycles. The summed E-state index contributed by atoms with van der Waals surface area (Å²) in [5.74, 6) is 0.986. The van der Waals surface area contributed by atoms with Crippen LogP contribution in [0.25, 0.3) is 6.08 Å². The van der Waals surface area contributed by atoms with Crippen molar-refractivity contribution in [2.24, 2.45) is 0 Å². The fourth-order valence-corrected chi connectivity index (χ4v) is 2.32. The van der Waals surface area contributed by atoms with Crippen LogP contribution >= 0.6 is 0 Å². The van der Waals surface area contributed by atoms with Gasteiger partial charge < -0.3 is 14.2 Å². The summed E-state index contributed by atoms with van der Waals surface area (Å²) in [4.78, 5) is 12.1. The topological polar surface area (TPSA) is 62.6 Å². The van der Waals surface area contributed by atoms with Gasteiger partial charge >= 0.3 is 5.97 Å². The summed E-state index contributed by atoms with van der Waals surface area (Å²) in [6, 6.07) is 7.43. The molecule has 0 radical (unpaired) electrons. The number of hydrogen-bond donors (Lipinski definition) is 0. The quantitative estimate of drug-likeness (QED) is 0.766. The average Bonchev–Trinajstić information content (AvgIpc) is 3.08. The molecule has 0 fully saturated rings. The predicted octanol–water partition coefficient (Wildman–Crippen LogP) is 2.30. The average molecular weight is 314 g/mol. The van der Waals surface area contributed by atoms with Crippen molar-refractivity contribution in [2.75, 3.05) is 19.8 Å². The summed E-state index contributed by atoms with van der Waals surface area (Å²) in [5, 5.41) is 4.05. The third kappa shape index (κ3) is 3.53. The van der Waals surface area contributed by atoms with E-state index in [-0.39, 0.29) is 19.2 Å². The van der Waals surface area contributed by atoms with E-state index in [2.05, 4.69) is 5.10 Å². The van der Waals surface area contributed by atoms with Crippen LogP contribution in [-0.4, -0.2) is 35.6 Å². The summed E-state index contributed by atoms with van der Waals surface area (Å²) in [5.41, 5.74) is 1.31. The fraction of sp³-hybridized carbons (Fsp3) is 0.294. The van der Waals surface area contributed by atoms with E-state index in [9.17, 15) is 4.79 Å². The summed E-state index contributed by atoms with van der Waals surface area (Å²) in [6.45, 7) is 3.45. The van der Waals surface area contributed by atoms with Crippen molar-refractivity contribution in [3.8, 4) is 11.5 Å². The number of benzene rings is 1. The first-order valence-electron chi connectivity index (χ1n) is 7.51. The molecule has 0 bridgehead atoms. The van der Waals surface area contributed by atoms with Crippen LogP contribution < -0.4 is 9.47 Å². The number of carbonyl (C=O) groups is 1. The maximum Gasteiger partial charge on any atom is 0.337 e. The van der Waals surface area contributed by atoms with Crippen LogP contribution in [0.5, 0.6) is 11.5 Å². The van der Waals surface area contributed by atoms with Gasteiger partial charge in [0.2, 0.25) is 0 Å². The first-order valence-corrected chi connectivity index (χ1v) is 7.51. The van der Waals surface area contributed by atoms with Crippen molar-refractivity contribution in [1.29, 1.82) is 0 Å². The Kier molecular flexibility index (Phi) is 4.61. The van der Waals surface area contributed by atoms with Crippen molar-refractivity contribution in [1.82, 2.24) is 9.78 Å². The third-order valence-electron chi connectivity index (χ3n) is 3.39. The molecule has 0 saturated heterocycles. The van der Waals surface area contributed by atoms with Gasteiger partial charge in [0.25, 0.3) is 0 Å². The Bertz CT molecular complexity index is 707. The molecule has 1 aliphatic rings. The minimum Gasteiger partial charge on any atom is -0.490 e. The lowest BCUT2D eigenvalue weighted by Crippen LogP contribution is -2.19. The van der Waals surface area contributed by atoms with Gasteiger partial charge in [-0.15, -0.1) is 0 Å². The Hall–Kier alpha value is -2.76. The molecule has 6 heteroatoms. The van der Waals surface area contributed by atoms with Crippen LogP contribution in [0, 0.1) is 0 Å². The van der Waals surface area contributed by atoms with Gasteiger partial charge in [0.15, 0.2) is 11.5 Å². The highest BCUT2D eigenvalue weighted by molar-refractivity contribution is 5.95. The first-order chi connectivity index (χ1) is 11.3. The van der Waals surface area contributed by atoms with Crippen LogP contribution in [0.4, 0.5) is 0 Å². The zero-order valence-electron chi connectivity index (χ0n) is 12.9. The summed E-state index contributed by atoms with van der Waals surface area (Å²) >= 11 is 0. The second kappa shape index (κ2) is 7.00.